The summed E-state index contributed by atoms with van der Waals surface area (Å²) in [5.41, 5.74) is 1.65. The van der Waals surface area contributed by atoms with Crippen molar-refractivity contribution < 1.29 is 27.5 Å². The monoisotopic (exact) mass is 531 g/mol. The van der Waals surface area contributed by atoms with Crippen molar-refractivity contribution in [1.82, 2.24) is 10.2 Å². The maximum atomic E-state index is 13.9. The Bertz CT molecular complexity index is 1240. The Morgan fingerprint density at radius 2 is 1.73 bits per heavy atom. The Morgan fingerprint density at radius 3 is 2.35 bits per heavy atom. The molecule has 1 aliphatic rings. The van der Waals surface area contributed by atoms with E-state index in [2.05, 4.69) is 5.32 Å². The Morgan fingerprint density at radius 1 is 1.05 bits per heavy atom. The highest BCUT2D eigenvalue weighted by molar-refractivity contribution is 7.92. The first-order valence-electron chi connectivity index (χ1n) is 12.4. The molecule has 0 aromatic heterocycles. The second-order valence-electron chi connectivity index (χ2n) is 10.1. The average molecular weight is 532 g/mol. The van der Waals surface area contributed by atoms with Crippen molar-refractivity contribution in [3.05, 3.63) is 53.6 Å². The highest BCUT2D eigenvalue weighted by Gasteiger charge is 2.34. The molecule has 2 amide bonds. The maximum Gasteiger partial charge on any atom is 0.244 e. The third-order valence-electron chi connectivity index (χ3n) is 6.11. The van der Waals surface area contributed by atoms with Crippen molar-refractivity contribution in [2.75, 3.05) is 23.4 Å². The smallest absolute Gasteiger partial charge is 0.244 e. The van der Waals surface area contributed by atoms with E-state index in [1.54, 1.807) is 18.2 Å². The van der Waals surface area contributed by atoms with Gasteiger partial charge in [-0.05, 0) is 64.3 Å². The first-order valence-corrected chi connectivity index (χ1v) is 14.0. The minimum absolute atomic E-state index is 0.0452. The van der Waals surface area contributed by atoms with Gasteiger partial charge < -0.3 is 19.7 Å². The first kappa shape index (κ1) is 28.3. The van der Waals surface area contributed by atoms with Crippen molar-refractivity contribution in [1.29, 1.82) is 0 Å². The molecule has 3 rings (SSSR count). The van der Waals surface area contributed by atoms with Gasteiger partial charge in [-0.1, -0.05) is 31.2 Å². The van der Waals surface area contributed by atoms with Gasteiger partial charge in [-0.15, -0.1) is 0 Å². The van der Waals surface area contributed by atoms with E-state index in [1.165, 1.54) is 11.8 Å². The van der Waals surface area contributed by atoms with Gasteiger partial charge in [-0.25, -0.2) is 8.42 Å². The number of benzene rings is 2. The molecule has 0 aliphatic carbocycles. The zero-order valence-corrected chi connectivity index (χ0v) is 23.2. The van der Waals surface area contributed by atoms with Crippen LogP contribution in [0, 0.1) is 6.92 Å². The Kier molecular flexibility index (Phi) is 8.73. The number of nitrogens with one attached hydrogen (secondary N) is 1. The summed E-state index contributed by atoms with van der Waals surface area (Å²) in [5, 5.41) is 2.97. The fourth-order valence-corrected chi connectivity index (χ4v) is 5.16. The molecule has 2 aromatic rings. The summed E-state index contributed by atoms with van der Waals surface area (Å²) >= 11 is 0. The number of amides is 2. The highest BCUT2D eigenvalue weighted by atomic mass is 32.2. The zero-order chi connectivity index (χ0) is 27.4. The van der Waals surface area contributed by atoms with E-state index in [0.29, 0.717) is 23.6 Å². The summed E-state index contributed by atoms with van der Waals surface area (Å²) in [6.07, 6.45) is 0.365. The van der Waals surface area contributed by atoms with Gasteiger partial charge in [0.15, 0.2) is 11.5 Å². The van der Waals surface area contributed by atoms with Crippen LogP contribution in [0.25, 0.3) is 0 Å². The van der Waals surface area contributed by atoms with E-state index in [1.807, 2.05) is 58.9 Å². The highest BCUT2D eigenvalue weighted by Crippen LogP contribution is 2.36. The van der Waals surface area contributed by atoms with Crippen molar-refractivity contribution in [3.8, 4) is 11.5 Å². The maximum absolute atomic E-state index is 13.9. The average Bonchev–Trinajstić information content (AvgIpc) is 3.30. The van der Waals surface area contributed by atoms with E-state index in [9.17, 15) is 18.0 Å². The van der Waals surface area contributed by atoms with E-state index in [0.717, 1.165) is 15.4 Å². The topological polar surface area (TPSA) is 105 Å². The lowest BCUT2D eigenvalue weighted by Gasteiger charge is -2.35. The molecule has 0 unspecified atom stereocenters. The van der Waals surface area contributed by atoms with Crippen LogP contribution < -0.4 is 19.1 Å². The van der Waals surface area contributed by atoms with Gasteiger partial charge in [0.1, 0.15) is 12.6 Å². The van der Waals surface area contributed by atoms with Crippen LogP contribution in [0.15, 0.2) is 42.5 Å². The summed E-state index contributed by atoms with van der Waals surface area (Å²) in [4.78, 5) is 28.7. The molecule has 0 spiro atoms. The number of anilines is 1. The molecule has 1 aliphatic heterocycles. The molecule has 0 fully saturated rings. The van der Waals surface area contributed by atoms with Crippen LogP contribution in [0.2, 0.25) is 0 Å². The number of ether oxygens (including phenoxy) is 2. The second kappa shape index (κ2) is 11.4. The van der Waals surface area contributed by atoms with Gasteiger partial charge >= 0.3 is 0 Å². The third kappa shape index (κ3) is 6.94. The van der Waals surface area contributed by atoms with Crippen LogP contribution in [-0.4, -0.2) is 55.8 Å². The molecule has 1 N–H and O–H groups in total. The van der Waals surface area contributed by atoms with Crippen LogP contribution >= 0.6 is 0 Å². The minimum Gasteiger partial charge on any atom is -0.454 e. The molecule has 37 heavy (non-hydrogen) atoms. The van der Waals surface area contributed by atoms with E-state index >= 15 is 0 Å². The molecule has 0 saturated carbocycles. The lowest BCUT2D eigenvalue weighted by molar-refractivity contribution is -0.141. The fraction of sp³-hybridized carbons (Fsp3) is 0.481. The standard InChI is InChI=1S/C27H37N3O6S/c1-7-22(26(32)28-27(4,5)6)29(16-20-12-10-9-11-19(20)3)25(31)17-30(37(33,34)8-2)21-13-14-23-24(15-21)36-18-35-23/h9-15,22H,7-8,16-18H2,1-6H3,(H,28,32)/t22-/m0/s1. The van der Waals surface area contributed by atoms with Gasteiger partial charge in [-0.3, -0.25) is 13.9 Å². The molecule has 0 radical (unpaired) electrons. The quantitative estimate of drug-likeness (QED) is 0.502. The summed E-state index contributed by atoms with van der Waals surface area (Å²) in [5.74, 6) is -0.0448. The lowest BCUT2D eigenvalue weighted by Crippen LogP contribution is -2.55. The van der Waals surface area contributed by atoms with Crippen molar-refractivity contribution in [2.24, 2.45) is 0 Å². The summed E-state index contributed by atoms with van der Waals surface area (Å²) in [6.45, 7) is 10.7. The number of aryl methyl sites for hydroxylation is 1. The van der Waals surface area contributed by atoms with Crippen LogP contribution in [0.3, 0.4) is 0 Å². The second-order valence-corrected chi connectivity index (χ2v) is 12.2. The predicted octanol–water partition coefficient (Wildman–Crippen LogP) is 3.60. The fourth-order valence-electron chi connectivity index (χ4n) is 4.10. The van der Waals surface area contributed by atoms with Crippen molar-refractivity contribution in [3.63, 3.8) is 0 Å². The number of carbonyl (C=O) groups is 2. The van der Waals surface area contributed by atoms with Crippen LogP contribution in [-0.2, 0) is 26.2 Å². The molecule has 10 heteroatoms. The lowest BCUT2D eigenvalue weighted by atomic mass is 10.0. The number of sulfonamides is 1. The number of fused-ring (bicyclic) bond motifs is 1. The molecule has 1 atom stereocenters. The molecule has 202 valence electrons. The van der Waals surface area contributed by atoms with Gasteiger partial charge in [0, 0.05) is 18.2 Å². The molecule has 0 saturated heterocycles. The molecule has 2 aromatic carbocycles. The van der Waals surface area contributed by atoms with E-state index in [4.69, 9.17) is 9.47 Å². The number of hydrogen-bond acceptors (Lipinski definition) is 6. The van der Waals surface area contributed by atoms with E-state index in [-0.39, 0.29) is 25.0 Å². The van der Waals surface area contributed by atoms with Crippen LogP contribution in [0.5, 0.6) is 11.5 Å². The Balaban J connectivity index is 2.00. The summed E-state index contributed by atoms with van der Waals surface area (Å²) in [6, 6.07) is 11.6. The number of nitrogens with zero attached hydrogens (tertiary/aromatic N) is 2. The normalized spacial score (nSPS) is 13.7. The predicted molar refractivity (Wildman–Crippen MR) is 143 cm³/mol. The van der Waals surface area contributed by atoms with Crippen LogP contribution in [0.4, 0.5) is 5.69 Å². The largest absolute Gasteiger partial charge is 0.454 e. The van der Waals surface area contributed by atoms with Crippen molar-refractivity contribution in [2.45, 2.75) is 66.1 Å². The Labute approximate surface area is 219 Å². The van der Waals surface area contributed by atoms with Crippen molar-refractivity contribution >= 4 is 27.5 Å². The van der Waals surface area contributed by atoms with Gasteiger partial charge in [0.25, 0.3) is 0 Å². The first-order chi connectivity index (χ1) is 17.4. The summed E-state index contributed by atoms with van der Waals surface area (Å²) in [7, 11) is -3.83. The minimum atomic E-state index is -3.83. The van der Waals surface area contributed by atoms with E-state index < -0.39 is 34.1 Å². The van der Waals surface area contributed by atoms with Gasteiger partial charge in [-0.2, -0.15) is 0 Å². The van der Waals surface area contributed by atoms with Gasteiger partial charge in [0.05, 0.1) is 11.4 Å². The zero-order valence-electron chi connectivity index (χ0n) is 22.4. The molecular weight excluding hydrogens is 494 g/mol. The number of hydrogen-bond donors (Lipinski definition) is 1. The SMILES string of the molecule is CC[C@@H](C(=O)NC(C)(C)C)N(Cc1ccccc1C)C(=O)CN(c1ccc2c(c1)OCO2)S(=O)(=O)CC. The number of rotatable bonds is 10. The molecule has 9 nitrogen and oxygen atoms in total. The van der Waals surface area contributed by atoms with Crippen LogP contribution in [0.1, 0.15) is 52.2 Å². The summed E-state index contributed by atoms with van der Waals surface area (Å²) < 4.78 is 38.1. The molecular formula is C27H37N3O6S. The molecule has 0 bridgehead atoms. The Hall–Kier alpha value is -3.27. The van der Waals surface area contributed by atoms with Gasteiger partial charge in [0.2, 0.25) is 28.6 Å². The molecule has 1 heterocycles. The number of carbonyl (C=O) groups excluding carboxylic acids is 2. The third-order valence-corrected chi connectivity index (χ3v) is 7.85.